The first-order chi connectivity index (χ1) is 8.13. The Morgan fingerprint density at radius 2 is 1.88 bits per heavy atom. The smallest absolute Gasteiger partial charge is 0.166 e. The number of nitrogens with zero attached hydrogens (tertiary/aromatic N) is 2. The molecule has 0 bridgehead atoms. The van der Waals surface area contributed by atoms with Gasteiger partial charge in [-0.25, -0.2) is 0 Å². The van der Waals surface area contributed by atoms with E-state index >= 15 is 0 Å². The van der Waals surface area contributed by atoms with Gasteiger partial charge in [0, 0.05) is 24.5 Å². The lowest BCUT2D eigenvalue weighted by Crippen LogP contribution is -1.93. The van der Waals surface area contributed by atoms with Gasteiger partial charge in [-0.3, -0.25) is 4.79 Å². The minimum atomic E-state index is 0.674. The molecule has 0 amide bonds. The van der Waals surface area contributed by atoms with Crippen LogP contribution in [0.25, 0.3) is 21.9 Å². The van der Waals surface area contributed by atoms with Crippen molar-refractivity contribution in [2.24, 2.45) is 14.1 Å². The maximum absolute atomic E-state index is 11.0. The molecule has 0 saturated carbocycles. The molecule has 0 fully saturated rings. The van der Waals surface area contributed by atoms with Crippen LogP contribution in [0.2, 0.25) is 5.02 Å². The summed E-state index contributed by atoms with van der Waals surface area (Å²) < 4.78 is 3.98. The van der Waals surface area contributed by atoms with Crippen molar-refractivity contribution in [1.82, 2.24) is 9.13 Å². The summed E-state index contributed by atoms with van der Waals surface area (Å²) >= 11 is 6.03. The first-order valence-corrected chi connectivity index (χ1v) is 5.70. The Hall–Kier alpha value is -1.74. The van der Waals surface area contributed by atoms with Crippen LogP contribution in [0.1, 0.15) is 10.5 Å². The minimum absolute atomic E-state index is 0.674. The fraction of sp³-hybridized carbons (Fsp3) is 0.154. The zero-order valence-corrected chi connectivity index (χ0v) is 10.3. The number of aldehydes is 1. The molecule has 0 spiro atoms. The van der Waals surface area contributed by atoms with Gasteiger partial charge in [0.15, 0.2) is 6.29 Å². The number of hydrogen-bond donors (Lipinski definition) is 0. The fourth-order valence-electron chi connectivity index (χ4n) is 2.41. The highest BCUT2D eigenvalue weighted by molar-refractivity contribution is 6.31. The van der Waals surface area contributed by atoms with E-state index in [1.54, 1.807) is 0 Å². The predicted molar refractivity (Wildman–Crippen MR) is 69.8 cm³/mol. The van der Waals surface area contributed by atoms with E-state index in [1.165, 1.54) is 0 Å². The highest BCUT2D eigenvalue weighted by atomic mass is 35.5. The summed E-state index contributed by atoms with van der Waals surface area (Å²) in [6.07, 6.45) is 0.871. The Bertz CT molecular complexity index is 752. The molecule has 0 atom stereocenters. The van der Waals surface area contributed by atoms with Gasteiger partial charge in [-0.05, 0) is 24.3 Å². The highest BCUT2D eigenvalue weighted by Crippen LogP contribution is 2.31. The first kappa shape index (κ1) is 10.4. The van der Waals surface area contributed by atoms with Crippen molar-refractivity contribution in [3.8, 4) is 0 Å². The zero-order valence-electron chi connectivity index (χ0n) is 9.57. The van der Waals surface area contributed by atoms with Crippen molar-refractivity contribution >= 4 is 39.8 Å². The average Bonchev–Trinajstić information content (AvgIpc) is 2.77. The third-order valence-electron chi connectivity index (χ3n) is 3.31. The van der Waals surface area contributed by atoms with Crippen LogP contribution in [0.5, 0.6) is 0 Å². The molecular weight excluding hydrogens is 236 g/mol. The van der Waals surface area contributed by atoms with Crippen LogP contribution in [-0.2, 0) is 14.1 Å². The van der Waals surface area contributed by atoms with Crippen LogP contribution in [0.3, 0.4) is 0 Å². The number of aromatic nitrogens is 2. The van der Waals surface area contributed by atoms with Crippen LogP contribution in [0, 0.1) is 0 Å². The molecule has 0 aliphatic rings. The van der Waals surface area contributed by atoms with E-state index in [-0.39, 0.29) is 0 Å². The van der Waals surface area contributed by atoms with E-state index in [9.17, 15) is 4.79 Å². The lowest BCUT2D eigenvalue weighted by molar-refractivity contribution is 0.111. The highest BCUT2D eigenvalue weighted by Gasteiger charge is 2.14. The number of halogens is 1. The van der Waals surface area contributed by atoms with E-state index in [0.717, 1.165) is 28.2 Å². The normalized spacial score (nSPS) is 11.5. The molecule has 0 N–H and O–H groups in total. The van der Waals surface area contributed by atoms with Gasteiger partial charge < -0.3 is 9.13 Å². The van der Waals surface area contributed by atoms with Gasteiger partial charge in [-0.1, -0.05) is 11.6 Å². The van der Waals surface area contributed by atoms with Crippen molar-refractivity contribution in [2.75, 3.05) is 0 Å². The number of carbonyl (C=O) groups excluding carboxylic acids is 1. The summed E-state index contributed by atoms with van der Waals surface area (Å²) in [6.45, 7) is 0. The van der Waals surface area contributed by atoms with Crippen molar-refractivity contribution in [1.29, 1.82) is 0 Å². The third kappa shape index (κ3) is 1.26. The van der Waals surface area contributed by atoms with E-state index in [1.807, 2.05) is 42.9 Å². The summed E-state index contributed by atoms with van der Waals surface area (Å²) in [5.74, 6) is 0. The molecule has 1 aromatic carbocycles. The van der Waals surface area contributed by atoms with Crippen LogP contribution < -0.4 is 0 Å². The van der Waals surface area contributed by atoms with Gasteiger partial charge in [0.2, 0.25) is 0 Å². The quantitative estimate of drug-likeness (QED) is 0.606. The summed E-state index contributed by atoms with van der Waals surface area (Å²) in [4.78, 5) is 11.0. The molecule has 3 nitrogen and oxygen atoms in total. The molecular formula is C13H11ClN2O. The second kappa shape index (κ2) is 3.37. The number of fused-ring (bicyclic) bond motifs is 3. The van der Waals surface area contributed by atoms with Gasteiger partial charge in [-0.2, -0.15) is 0 Å². The monoisotopic (exact) mass is 246 g/mol. The summed E-state index contributed by atoms with van der Waals surface area (Å²) in [5, 5.41) is 1.78. The number of rotatable bonds is 1. The molecule has 3 rings (SSSR count). The molecule has 0 aliphatic heterocycles. The van der Waals surface area contributed by atoms with Gasteiger partial charge in [0.1, 0.15) is 0 Å². The molecule has 17 heavy (non-hydrogen) atoms. The Morgan fingerprint density at radius 3 is 2.59 bits per heavy atom. The number of benzene rings is 1. The fourth-order valence-corrected chi connectivity index (χ4v) is 2.59. The minimum Gasteiger partial charge on any atom is -0.342 e. The molecule has 2 aromatic heterocycles. The molecule has 4 heteroatoms. The number of carbonyl (C=O) groups is 1. The summed E-state index contributed by atoms with van der Waals surface area (Å²) in [7, 11) is 3.89. The van der Waals surface area contributed by atoms with Gasteiger partial charge >= 0.3 is 0 Å². The molecule has 0 saturated heterocycles. The molecule has 0 radical (unpaired) electrons. The molecule has 0 aliphatic carbocycles. The van der Waals surface area contributed by atoms with Crippen LogP contribution in [0.4, 0.5) is 0 Å². The van der Waals surface area contributed by atoms with Crippen LogP contribution >= 0.6 is 11.6 Å². The van der Waals surface area contributed by atoms with Gasteiger partial charge in [0.25, 0.3) is 0 Å². The van der Waals surface area contributed by atoms with E-state index in [2.05, 4.69) is 4.57 Å². The maximum atomic E-state index is 11.0. The Labute approximate surface area is 103 Å². The largest absolute Gasteiger partial charge is 0.342 e. The number of aryl methyl sites for hydroxylation is 2. The molecule has 86 valence electrons. The lowest BCUT2D eigenvalue weighted by atomic mass is 10.2. The van der Waals surface area contributed by atoms with E-state index < -0.39 is 0 Å². The second-order valence-corrected chi connectivity index (χ2v) is 4.64. The molecule has 0 unspecified atom stereocenters. The second-order valence-electron chi connectivity index (χ2n) is 4.20. The van der Waals surface area contributed by atoms with E-state index in [0.29, 0.717) is 10.7 Å². The topological polar surface area (TPSA) is 26.9 Å². The van der Waals surface area contributed by atoms with Gasteiger partial charge in [-0.15, -0.1) is 0 Å². The Balaban J connectivity index is 2.60. The van der Waals surface area contributed by atoms with E-state index in [4.69, 9.17) is 11.6 Å². The molecule has 2 heterocycles. The van der Waals surface area contributed by atoms with Gasteiger partial charge in [0.05, 0.1) is 22.2 Å². The predicted octanol–water partition coefficient (Wildman–Crippen LogP) is 3.14. The number of hydrogen-bond acceptors (Lipinski definition) is 1. The summed E-state index contributed by atoms with van der Waals surface area (Å²) in [5.41, 5.74) is 3.89. The Morgan fingerprint density at radius 1 is 1.12 bits per heavy atom. The van der Waals surface area contributed by atoms with Crippen LogP contribution in [0.15, 0.2) is 24.3 Å². The van der Waals surface area contributed by atoms with Crippen molar-refractivity contribution in [2.45, 2.75) is 0 Å². The summed E-state index contributed by atoms with van der Waals surface area (Å²) in [6, 6.07) is 7.71. The lowest BCUT2D eigenvalue weighted by Gasteiger charge is -1.99. The molecule has 3 aromatic rings. The van der Waals surface area contributed by atoms with Crippen molar-refractivity contribution in [3.05, 3.63) is 35.0 Å². The average molecular weight is 247 g/mol. The standard InChI is InChI=1S/C13H11ClN2O/c1-15-9(7-17)6-12-13(15)10-5-8(14)3-4-11(10)16(12)2/h3-7H,1-2H3. The third-order valence-corrected chi connectivity index (χ3v) is 3.54. The van der Waals surface area contributed by atoms with Crippen molar-refractivity contribution < 1.29 is 4.79 Å². The Kier molecular flexibility index (Phi) is 2.07. The SMILES string of the molecule is Cn1c(C=O)cc2c1c1cc(Cl)ccc1n2C. The first-order valence-electron chi connectivity index (χ1n) is 5.32. The van der Waals surface area contributed by atoms with Crippen LogP contribution in [-0.4, -0.2) is 15.4 Å². The van der Waals surface area contributed by atoms with Crippen molar-refractivity contribution in [3.63, 3.8) is 0 Å². The zero-order chi connectivity index (χ0) is 12.2. The maximum Gasteiger partial charge on any atom is 0.166 e.